The summed E-state index contributed by atoms with van der Waals surface area (Å²) in [6.07, 6.45) is 2.53. The van der Waals surface area contributed by atoms with Crippen molar-refractivity contribution >= 4 is 17.5 Å². The number of halogens is 1. The van der Waals surface area contributed by atoms with Crippen molar-refractivity contribution in [2.75, 3.05) is 19.6 Å². The molecular formula is C19H19ClN4O2. The summed E-state index contributed by atoms with van der Waals surface area (Å²) in [5.74, 6) is 0.908. The van der Waals surface area contributed by atoms with Crippen LogP contribution in [0.25, 0.3) is 17.1 Å². The van der Waals surface area contributed by atoms with Crippen LogP contribution in [0.1, 0.15) is 16.9 Å². The highest BCUT2D eigenvalue weighted by Gasteiger charge is 2.28. The first-order valence-electron chi connectivity index (χ1n) is 8.55. The largest absolute Gasteiger partial charge is 0.463 e. The molecule has 3 aromatic rings. The van der Waals surface area contributed by atoms with Gasteiger partial charge < -0.3 is 15.1 Å². The van der Waals surface area contributed by atoms with E-state index < -0.39 is 0 Å². The molecule has 0 saturated carbocycles. The molecule has 1 aromatic carbocycles. The lowest BCUT2D eigenvalue weighted by Crippen LogP contribution is -2.30. The smallest absolute Gasteiger partial charge is 0.274 e. The fraction of sp³-hybridized carbons (Fsp3) is 0.263. The fourth-order valence-electron chi connectivity index (χ4n) is 3.26. The summed E-state index contributed by atoms with van der Waals surface area (Å²) in [5.41, 5.74) is 7.59. The minimum Gasteiger partial charge on any atom is -0.463 e. The molecule has 0 spiro atoms. The number of likely N-dealkylation sites (tertiary alicyclic amines) is 1. The zero-order valence-corrected chi connectivity index (χ0v) is 14.9. The molecule has 0 aliphatic carbocycles. The first-order valence-corrected chi connectivity index (χ1v) is 8.92. The molecule has 26 heavy (non-hydrogen) atoms. The first kappa shape index (κ1) is 16.9. The van der Waals surface area contributed by atoms with Gasteiger partial charge in [-0.3, -0.25) is 4.79 Å². The average molecular weight is 371 g/mol. The Morgan fingerprint density at radius 1 is 1.31 bits per heavy atom. The van der Waals surface area contributed by atoms with Crippen LogP contribution in [0.15, 0.2) is 53.1 Å². The second-order valence-electron chi connectivity index (χ2n) is 6.43. The number of carbonyl (C=O) groups is 1. The normalized spacial score (nSPS) is 17.0. The molecule has 1 atom stereocenters. The van der Waals surface area contributed by atoms with Crippen LogP contribution < -0.4 is 5.73 Å². The number of hydrogen-bond donors (Lipinski definition) is 1. The average Bonchev–Trinajstić information content (AvgIpc) is 3.40. The Labute approximate surface area is 156 Å². The van der Waals surface area contributed by atoms with Gasteiger partial charge in [0.2, 0.25) is 0 Å². The van der Waals surface area contributed by atoms with Gasteiger partial charge in [0.15, 0.2) is 11.5 Å². The predicted octanol–water partition coefficient (Wildman–Crippen LogP) is 3.21. The van der Waals surface area contributed by atoms with Crippen molar-refractivity contribution in [2.24, 2.45) is 11.7 Å². The van der Waals surface area contributed by atoms with Crippen LogP contribution >= 0.6 is 11.6 Å². The van der Waals surface area contributed by atoms with Crippen LogP contribution in [0, 0.1) is 5.92 Å². The van der Waals surface area contributed by atoms with Gasteiger partial charge in [-0.25, -0.2) is 4.68 Å². The van der Waals surface area contributed by atoms with E-state index in [0.717, 1.165) is 12.1 Å². The fourth-order valence-corrected chi connectivity index (χ4v) is 3.45. The summed E-state index contributed by atoms with van der Waals surface area (Å²) in [4.78, 5) is 14.7. The second kappa shape index (κ2) is 6.97. The number of furan rings is 1. The quantitative estimate of drug-likeness (QED) is 0.765. The van der Waals surface area contributed by atoms with Crippen molar-refractivity contribution in [1.29, 1.82) is 0 Å². The van der Waals surface area contributed by atoms with E-state index in [-0.39, 0.29) is 5.91 Å². The molecule has 1 aliphatic rings. The third-order valence-corrected chi connectivity index (χ3v) is 4.90. The number of benzene rings is 1. The van der Waals surface area contributed by atoms with Crippen LogP contribution in [0.5, 0.6) is 0 Å². The van der Waals surface area contributed by atoms with Gasteiger partial charge in [-0.1, -0.05) is 17.7 Å². The highest BCUT2D eigenvalue weighted by Crippen LogP contribution is 2.27. The molecule has 3 heterocycles. The molecule has 4 rings (SSSR count). The molecule has 0 bridgehead atoms. The Hall–Kier alpha value is -2.57. The van der Waals surface area contributed by atoms with E-state index in [1.54, 1.807) is 35.2 Å². The summed E-state index contributed by atoms with van der Waals surface area (Å²) in [6.45, 7) is 1.98. The monoisotopic (exact) mass is 370 g/mol. The summed E-state index contributed by atoms with van der Waals surface area (Å²) in [6, 6.07) is 12.7. The van der Waals surface area contributed by atoms with Gasteiger partial charge in [0, 0.05) is 24.2 Å². The van der Waals surface area contributed by atoms with Gasteiger partial charge in [-0.05, 0) is 49.2 Å². The maximum absolute atomic E-state index is 12.9. The maximum atomic E-state index is 12.9. The predicted molar refractivity (Wildman–Crippen MR) is 99.3 cm³/mol. The third-order valence-electron chi connectivity index (χ3n) is 4.66. The van der Waals surface area contributed by atoms with Crippen LogP contribution in [0.2, 0.25) is 5.02 Å². The van der Waals surface area contributed by atoms with Crippen molar-refractivity contribution in [3.05, 3.63) is 59.4 Å². The number of hydrogen-bond acceptors (Lipinski definition) is 4. The molecule has 134 valence electrons. The van der Waals surface area contributed by atoms with E-state index in [9.17, 15) is 4.79 Å². The first-order chi connectivity index (χ1) is 12.7. The van der Waals surface area contributed by atoms with Crippen molar-refractivity contribution in [3.8, 4) is 17.1 Å². The molecule has 2 N–H and O–H groups in total. The standard InChI is InChI=1S/C19H19ClN4O2/c20-14-3-1-4-15(9-14)24-17(18-5-2-8-26-18)10-16(22-24)19(25)23-7-6-13(11-21)12-23/h1-5,8-10,13H,6-7,11-12,21H2. The highest BCUT2D eigenvalue weighted by molar-refractivity contribution is 6.30. The molecule has 1 unspecified atom stereocenters. The molecule has 2 aromatic heterocycles. The Bertz CT molecular complexity index is 920. The summed E-state index contributed by atoms with van der Waals surface area (Å²) in [5, 5.41) is 5.15. The van der Waals surface area contributed by atoms with Crippen LogP contribution in [0.4, 0.5) is 0 Å². The molecule has 1 aliphatic heterocycles. The van der Waals surface area contributed by atoms with Crippen LogP contribution in [-0.2, 0) is 0 Å². The minimum atomic E-state index is -0.0884. The Morgan fingerprint density at radius 3 is 2.88 bits per heavy atom. The lowest BCUT2D eigenvalue weighted by atomic mass is 10.1. The summed E-state index contributed by atoms with van der Waals surface area (Å²) in [7, 11) is 0. The van der Waals surface area contributed by atoms with Gasteiger partial charge in [0.25, 0.3) is 5.91 Å². The van der Waals surface area contributed by atoms with E-state index in [2.05, 4.69) is 5.10 Å². The van der Waals surface area contributed by atoms with E-state index >= 15 is 0 Å². The lowest BCUT2D eigenvalue weighted by Gasteiger charge is -2.14. The second-order valence-corrected chi connectivity index (χ2v) is 6.86. The Balaban J connectivity index is 1.73. The van der Waals surface area contributed by atoms with Gasteiger partial charge in [-0.15, -0.1) is 0 Å². The van der Waals surface area contributed by atoms with Gasteiger partial charge in [0.05, 0.1) is 12.0 Å². The number of aromatic nitrogens is 2. The van der Waals surface area contributed by atoms with Gasteiger partial charge >= 0.3 is 0 Å². The molecule has 6 nitrogen and oxygen atoms in total. The van der Waals surface area contributed by atoms with Crippen molar-refractivity contribution in [2.45, 2.75) is 6.42 Å². The SMILES string of the molecule is NCC1CCN(C(=O)c2cc(-c3ccco3)n(-c3cccc(Cl)c3)n2)C1. The van der Waals surface area contributed by atoms with Gasteiger partial charge in [-0.2, -0.15) is 5.10 Å². The van der Waals surface area contributed by atoms with E-state index in [0.29, 0.717) is 47.7 Å². The molecular weight excluding hydrogens is 352 g/mol. The van der Waals surface area contributed by atoms with E-state index in [1.165, 1.54) is 0 Å². The number of nitrogens with zero attached hydrogens (tertiary/aromatic N) is 3. The molecule has 0 radical (unpaired) electrons. The number of carbonyl (C=O) groups excluding carboxylic acids is 1. The molecule has 1 amide bonds. The summed E-state index contributed by atoms with van der Waals surface area (Å²) >= 11 is 6.13. The number of nitrogens with two attached hydrogens (primary N) is 1. The lowest BCUT2D eigenvalue weighted by molar-refractivity contribution is 0.0781. The van der Waals surface area contributed by atoms with Crippen LogP contribution in [0.3, 0.4) is 0 Å². The topological polar surface area (TPSA) is 77.3 Å². The molecule has 7 heteroatoms. The van der Waals surface area contributed by atoms with Crippen molar-refractivity contribution in [1.82, 2.24) is 14.7 Å². The number of amides is 1. The minimum absolute atomic E-state index is 0.0884. The molecule has 1 saturated heterocycles. The highest BCUT2D eigenvalue weighted by atomic mass is 35.5. The number of rotatable bonds is 4. The van der Waals surface area contributed by atoms with Gasteiger partial charge in [0.1, 0.15) is 5.69 Å². The van der Waals surface area contributed by atoms with Crippen molar-refractivity contribution < 1.29 is 9.21 Å². The maximum Gasteiger partial charge on any atom is 0.274 e. The molecule has 1 fully saturated rings. The van der Waals surface area contributed by atoms with Crippen LogP contribution in [-0.4, -0.2) is 40.2 Å². The summed E-state index contributed by atoms with van der Waals surface area (Å²) < 4.78 is 7.22. The van der Waals surface area contributed by atoms with E-state index in [4.69, 9.17) is 21.8 Å². The zero-order valence-electron chi connectivity index (χ0n) is 14.1. The van der Waals surface area contributed by atoms with E-state index in [1.807, 2.05) is 23.1 Å². The Morgan fingerprint density at radius 2 is 2.19 bits per heavy atom. The zero-order chi connectivity index (χ0) is 18.1. The third kappa shape index (κ3) is 3.13. The Kier molecular flexibility index (Phi) is 4.53. The van der Waals surface area contributed by atoms with Crippen molar-refractivity contribution in [3.63, 3.8) is 0 Å².